The van der Waals surface area contributed by atoms with E-state index < -0.39 is 0 Å². The molecule has 2 rings (SSSR count). The van der Waals surface area contributed by atoms with Crippen LogP contribution in [0.15, 0.2) is 18.2 Å². The molecule has 3 heteroatoms. The quantitative estimate of drug-likeness (QED) is 0.796. The summed E-state index contributed by atoms with van der Waals surface area (Å²) in [6.45, 7) is 6.87. The third-order valence-corrected chi connectivity index (χ3v) is 3.27. The molecule has 2 N–H and O–H groups in total. The summed E-state index contributed by atoms with van der Waals surface area (Å²) in [5.41, 5.74) is 3.96. The Hall–Kier alpha value is -1.77. The van der Waals surface area contributed by atoms with Crippen molar-refractivity contribution in [1.82, 2.24) is 10.3 Å². The summed E-state index contributed by atoms with van der Waals surface area (Å²) in [6.07, 6.45) is 2.11. The molecule has 0 atom stereocenters. The number of para-hydroxylation sites is 1. The molecule has 1 aromatic heterocycles. The molecule has 0 radical (unpaired) electrons. The maximum atomic E-state index is 12.2. The average molecular weight is 244 g/mol. The molecule has 1 aromatic carbocycles. The number of amides is 1. The van der Waals surface area contributed by atoms with E-state index >= 15 is 0 Å². The second-order valence-electron chi connectivity index (χ2n) is 4.73. The lowest BCUT2D eigenvalue weighted by atomic mass is 10.1. The Morgan fingerprint density at radius 2 is 2.11 bits per heavy atom. The van der Waals surface area contributed by atoms with Crippen molar-refractivity contribution in [2.75, 3.05) is 6.54 Å². The van der Waals surface area contributed by atoms with Gasteiger partial charge in [0.15, 0.2) is 0 Å². The first-order chi connectivity index (χ1) is 8.65. The van der Waals surface area contributed by atoms with Gasteiger partial charge in [-0.25, -0.2) is 0 Å². The Bertz CT molecular complexity index is 569. The summed E-state index contributed by atoms with van der Waals surface area (Å²) in [5, 5.41) is 3.99. The summed E-state index contributed by atoms with van der Waals surface area (Å²) in [7, 11) is 0. The summed E-state index contributed by atoms with van der Waals surface area (Å²) in [5.74, 6) is 0.0257. The lowest BCUT2D eigenvalue weighted by Crippen LogP contribution is -2.24. The molecular formula is C15H20N2O. The number of carbonyl (C=O) groups is 1. The number of aromatic nitrogens is 1. The molecule has 0 saturated carbocycles. The zero-order valence-electron chi connectivity index (χ0n) is 11.3. The summed E-state index contributed by atoms with van der Waals surface area (Å²) in [6, 6.07) is 6.05. The van der Waals surface area contributed by atoms with Gasteiger partial charge < -0.3 is 10.3 Å². The monoisotopic (exact) mass is 244 g/mol. The zero-order chi connectivity index (χ0) is 13.1. The molecule has 0 aliphatic heterocycles. The number of carbonyl (C=O) groups excluding carboxylic acids is 1. The number of unbranched alkanes of at least 4 members (excludes halogenated alkanes) is 1. The highest BCUT2D eigenvalue weighted by Gasteiger charge is 2.15. The maximum absolute atomic E-state index is 12.2. The summed E-state index contributed by atoms with van der Waals surface area (Å²) >= 11 is 0. The number of aromatic amines is 1. The first-order valence-electron chi connectivity index (χ1n) is 6.51. The second kappa shape index (κ2) is 5.25. The van der Waals surface area contributed by atoms with Crippen molar-refractivity contribution in [3.05, 3.63) is 35.0 Å². The van der Waals surface area contributed by atoms with Gasteiger partial charge in [0.1, 0.15) is 0 Å². The van der Waals surface area contributed by atoms with E-state index in [4.69, 9.17) is 0 Å². The van der Waals surface area contributed by atoms with Gasteiger partial charge in [0.25, 0.3) is 5.91 Å². The lowest BCUT2D eigenvalue weighted by molar-refractivity contribution is 0.0954. The van der Waals surface area contributed by atoms with Gasteiger partial charge in [0.05, 0.1) is 5.56 Å². The van der Waals surface area contributed by atoms with E-state index in [1.807, 2.05) is 19.1 Å². The average Bonchev–Trinajstić information content (AvgIpc) is 2.67. The van der Waals surface area contributed by atoms with Crippen LogP contribution in [-0.4, -0.2) is 17.4 Å². The van der Waals surface area contributed by atoms with Gasteiger partial charge in [0, 0.05) is 23.1 Å². The normalized spacial score (nSPS) is 10.8. The van der Waals surface area contributed by atoms with Crippen LogP contribution in [0.4, 0.5) is 0 Å². The predicted octanol–water partition coefficient (Wildman–Crippen LogP) is 3.31. The van der Waals surface area contributed by atoms with Crippen LogP contribution < -0.4 is 5.32 Å². The largest absolute Gasteiger partial charge is 0.358 e. The molecule has 0 bridgehead atoms. The number of hydrogen-bond acceptors (Lipinski definition) is 1. The fourth-order valence-electron chi connectivity index (χ4n) is 2.25. The molecule has 0 aliphatic rings. The van der Waals surface area contributed by atoms with Crippen LogP contribution in [0.5, 0.6) is 0 Å². The topological polar surface area (TPSA) is 44.9 Å². The van der Waals surface area contributed by atoms with Crippen LogP contribution in [0.3, 0.4) is 0 Å². The van der Waals surface area contributed by atoms with Crippen LogP contribution in [0.25, 0.3) is 10.9 Å². The molecule has 0 spiro atoms. The van der Waals surface area contributed by atoms with Gasteiger partial charge in [-0.2, -0.15) is 0 Å². The molecule has 0 unspecified atom stereocenters. The zero-order valence-corrected chi connectivity index (χ0v) is 11.3. The number of nitrogens with one attached hydrogen (secondary N) is 2. The first-order valence-corrected chi connectivity index (χ1v) is 6.51. The van der Waals surface area contributed by atoms with E-state index in [9.17, 15) is 4.79 Å². The molecule has 3 nitrogen and oxygen atoms in total. The third-order valence-electron chi connectivity index (χ3n) is 3.27. The SMILES string of the molecule is CCCCNC(=O)c1c(C)[nH]c2c(C)cccc12. The standard InChI is InChI=1S/C15H20N2O/c1-4-5-9-16-15(18)13-11(3)17-14-10(2)7-6-8-12(13)14/h6-8,17H,4-5,9H2,1-3H3,(H,16,18). The minimum atomic E-state index is 0.0257. The predicted molar refractivity (Wildman–Crippen MR) is 75.0 cm³/mol. The highest BCUT2D eigenvalue weighted by molar-refractivity contribution is 6.08. The van der Waals surface area contributed by atoms with E-state index in [2.05, 4.69) is 30.2 Å². The van der Waals surface area contributed by atoms with Crippen molar-refractivity contribution >= 4 is 16.8 Å². The Balaban J connectivity index is 2.35. The number of aryl methyl sites for hydroxylation is 2. The first kappa shape index (κ1) is 12.7. The number of rotatable bonds is 4. The molecular weight excluding hydrogens is 224 g/mol. The van der Waals surface area contributed by atoms with Crippen molar-refractivity contribution in [2.45, 2.75) is 33.6 Å². The van der Waals surface area contributed by atoms with E-state index in [-0.39, 0.29) is 5.91 Å². The van der Waals surface area contributed by atoms with Gasteiger partial charge in [-0.3, -0.25) is 4.79 Å². The molecule has 18 heavy (non-hydrogen) atoms. The second-order valence-corrected chi connectivity index (χ2v) is 4.73. The molecule has 1 amide bonds. The van der Waals surface area contributed by atoms with Crippen LogP contribution in [0.1, 0.15) is 41.4 Å². The summed E-state index contributed by atoms with van der Waals surface area (Å²) in [4.78, 5) is 15.5. The van der Waals surface area contributed by atoms with Crippen LogP contribution in [0, 0.1) is 13.8 Å². The van der Waals surface area contributed by atoms with E-state index in [0.717, 1.165) is 41.5 Å². The van der Waals surface area contributed by atoms with Crippen LogP contribution in [0.2, 0.25) is 0 Å². The van der Waals surface area contributed by atoms with Crippen LogP contribution in [-0.2, 0) is 0 Å². The molecule has 2 aromatic rings. The van der Waals surface area contributed by atoms with Gasteiger partial charge in [-0.05, 0) is 25.8 Å². The van der Waals surface area contributed by atoms with Gasteiger partial charge >= 0.3 is 0 Å². The van der Waals surface area contributed by atoms with Crippen molar-refractivity contribution < 1.29 is 4.79 Å². The van der Waals surface area contributed by atoms with Crippen LogP contribution >= 0.6 is 0 Å². The molecule has 0 fully saturated rings. The number of hydrogen-bond donors (Lipinski definition) is 2. The Morgan fingerprint density at radius 3 is 2.83 bits per heavy atom. The van der Waals surface area contributed by atoms with Gasteiger partial charge in [-0.15, -0.1) is 0 Å². The minimum Gasteiger partial charge on any atom is -0.358 e. The van der Waals surface area contributed by atoms with Crippen molar-refractivity contribution in [3.63, 3.8) is 0 Å². The maximum Gasteiger partial charge on any atom is 0.253 e. The number of benzene rings is 1. The smallest absolute Gasteiger partial charge is 0.253 e. The fraction of sp³-hybridized carbons (Fsp3) is 0.400. The van der Waals surface area contributed by atoms with Crippen molar-refractivity contribution in [2.24, 2.45) is 0 Å². The molecule has 0 aliphatic carbocycles. The molecule has 0 saturated heterocycles. The summed E-state index contributed by atoms with van der Waals surface area (Å²) < 4.78 is 0. The number of fused-ring (bicyclic) bond motifs is 1. The Morgan fingerprint density at radius 1 is 1.33 bits per heavy atom. The van der Waals surface area contributed by atoms with E-state index in [1.165, 1.54) is 5.56 Å². The molecule has 1 heterocycles. The fourth-order valence-corrected chi connectivity index (χ4v) is 2.25. The van der Waals surface area contributed by atoms with Crippen molar-refractivity contribution in [3.8, 4) is 0 Å². The Kier molecular flexibility index (Phi) is 3.70. The highest BCUT2D eigenvalue weighted by atomic mass is 16.1. The number of H-pyrrole nitrogens is 1. The lowest BCUT2D eigenvalue weighted by Gasteiger charge is -2.04. The highest BCUT2D eigenvalue weighted by Crippen LogP contribution is 2.24. The van der Waals surface area contributed by atoms with E-state index in [0.29, 0.717) is 0 Å². The van der Waals surface area contributed by atoms with Gasteiger partial charge in [-0.1, -0.05) is 31.5 Å². The minimum absolute atomic E-state index is 0.0257. The van der Waals surface area contributed by atoms with Crippen molar-refractivity contribution in [1.29, 1.82) is 0 Å². The van der Waals surface area contributed by atoms with E-state index in [1.54, 1.807) is 0 Å². The third kappa shape index (κ3) is 2.26. The molecule has 96 valence electrons. The Labute approximate surface area is 108 Å². The van der Waals surface area contributed by atoms with Gasteiger partial charge in [0.2, 0.25) is 0 Å².